The highest BCUT2D eigenvalue weighted by molar-refractivity contribution is 5.80. The van der Waals surface area contributed by atoms with Crippen LogP contribution in [0, 0.1) is 0 Å². The third-order valence-electron chi connectivity index (χ3n) is 3.59. The number of nitrogens with one attached hydrogen (secondary N) is 1. The molecule has 3 nitrogen and oxygen atoms in total. The van der Waals surface area contributed by atoms with Crippen molar-refractivity contribution in [1.82, 2.24) is 5.32 Å². The van der Waals surface area contributed by atoms with Gasteiger partial charge in [-0.05, 0) is 26.7 Å². The Morgan fingerprint density at radius 3 is 2.33 bits per heavy atom. The Morgan fingerprint density at radius 2 is 1.83 bits per heavy atom. The van der Waals surface area contributed by atoms with Gasteiger partial charge in [0.25, 0.3) is 0 Å². The highest BCUT2D eigenvalue weighted by Gasteiger charge is 2.34. The number of hydrogen-bond acceptors (Lipinski definition) is 3. The van der Waals surface area contributed by atoms with Gasteiger partial charge in [-0.2, -0.15) is 0 Å². The molecule has 0 amide bonds. The molecule has 18 heavy (non-hydrogen) atoms. The van der Waals surface area contributed by atoms with E-state index in [9.17, 15) is 4.79 Å². The van der Waals surface area contributed by atoms with E-state index in [0.29, 0.717) is 6.04 Å². The molecule has 2 unspecified atom stereocenters. The molecule has 0 fully saturated rings. The zero-order chi connectivity index (χ0) is 14.0. The largest absolute Gasteiger partial charge is 0.468 e. The first-order valence-electron chi connectivity index (χ1n) is 7.36. The molecule has 0 heterocycles. The zero-order valence-electron chi connectivity index (χ0n) is 12.8. The molecular formula is C15H31NO2. The number of esters is 1. The molecule has 0 aromatic heterocycles. The number of methoxy groups -OCH3 is 1. The first-order valence-corrected chi connectivity index (χ1v) is 7.36. The topological polar surface area (TPSA) is 38.3 Å². The molecule has 2 atom stereocenters. The van der Waals surface area contributed by atoms with Crippen molar-refractivity contribution in [2.45, 2.75) is 84.2 Å². The van der Waals surface area contributed by atoms with Gasteiger partial charge in [-0.1, -0.05) is 46.0 Å². The maximum atomic E-state index is 11.9. The smallest absolute Gasteiger partial charge is 0.325 e. The van der Waals surface area contributed by atoms with Crippen molar-refractivity contribution in [2.24, 2.45) is 0 Å². The number of rotatable bonds is 10. The number of hydrogen-bond donors (Lipinski definition) is 1. The molecule has 108 valence electrons. The predicted octanol–water partition coefficient (Wildman–Crippen LogP) is 3.67. The minimum absolute atomic E-state index is 0.140. The van der Waals surface area contributed by atoms with Crippen molar-refractivity contribution in [2.75, 3.05) is 7.11 Å². The molecule has 0 aliphatic rings. The lowest BCUT2D eigenvalue weighted by Crippen LogP contribution is -2.53. The maximum absolute atomic E-state index is 11.9. The van der Waals surface area contributed by atoms with Crippen molar-refractivity contribution in [1.29, 1.82) is 0 Å². The monoisotopic (exact) mass is 257 g/mol. The van der Waals surface area contributed by atoms with Gasteiger partial charge in [0.15, 0.2) is 0 Å². The molecule has 3 heteroatoms. The summed E-state index contributed by atoms with van der Waals surface area (Å²) in [6.07, 6.45) is 7.94. The fourth-order valence-electron chi connectivity index (χ4n) is 2.19. The highest BCUT2D eigenvalue weighted by atomic mass is 16.5. The van der Waals surface area contributed by atoms with E-state index < -0.39 is 5.54 Å². The lowest BCUT2D eigenvalue weighted by atomic mass is 9.92. The van der Waals surface area contributed by atoms with Crippen LogP contribution in [-0.4, -0.2) is 24.7 Å². The van der Waals surface area contributed by atoms with E-state index in [1.807, 2.05) is 6.92 Å². The summed E-state index contributed by atoms with van der Waals surface area (Å²) in [5, 5.41) is 3.41. The van der Waals surface area contributed by atoms with Crippen LogP contribution in [0.5, 0.6) is 0 Å². The third-order valence-corrected chi connectivity index (χ3v) is 3.59. The summed E-state index contributed by atoms with van der Waals surface area (Å²) >= 11 is 0. The zero-order valence-corrected chi connectivity index (χ0v) is 12.8. The molecule has 0 radical (unpaired) electrons. The fourth-order valence-corrected chi connectivity index (χ4v) is 2.19. The van der Waals surface area contributed by atoms with Crippen LogP contribution in [0.3, 0.4) is 0 Å². The van der Waals surface area contributed by atoms with Gasteiger partial charge in [-0.15, -0.1) is 0 Å². The number of carbonyl (C=O) groups is 1. The quantitative estimate of drug-likeness (QED) is 0.479. The Labute approximate surface area is 113 Å². The molecular weight excluding hydrogens is 226 g/mol. The highest BCUT2D eigenvalue weighted by Crippen LogP contribution is 2.19. The van der Waals surface area contributed by atoms with E-state index in [4.69, 9.17) is 4.74 Å². The van der Waals surface area contributed by atoms with Crippen LogP contribution in [0.1, 0.15) is 72.6 Å². The van der Waals surface area contributed by atoms with Crippen LogP contribution in [0.4, 0.5) is 0 Å². The van der Waals surface area contributed by atoms with Crippen molar-refractivity contribution in [3.63, 3.8) is 0 Å². The van der Waals surface area contributed by atoms with Gasteiger partial charge in [0.05, 0.1) is 7.11 Å². The minimum atomic E-state index is -0.531. The van der Waals surface area contributed by atoms with Gasteiger partial charge in [-0.3, -0.25) is 10.1 Å². The van der Waals surface area contributed by atoms with Crippen LogP contribution < -0.4 is 5.32 Å². The number of unbranched alkanes of at least 4 members (excludes halogenated alkanes) is 4. The molecule has 0 saturated carbocycles. The summed E-state index contributed by atoms with van der Waals surface area (Å²) in [4.78, 5) is 11.9. The number of carbonyl (C=O) groups excluding carboxylic acids is 1. The van der Waals surface area contributed by atoms with Gasteiger partial charge in [0, 0.05) is 6.04 Å². The molecule has 0 aliphatic carbocycles. The molecule has 0 rings (SSSR count). The van der Waals surface area contributed by atoms with Crippen molar-refractivity contribution in [3.8, 4) is 0 Å². The summed E-state index contributed by atoms with van der Waals surface area (Å²) in [6.45, 7) is 8.41. The van der Waals surface area contributed by atoms with Crippen molar-refractivity contribution < 1.29 is 9.53 Å². The van der Waals surface area contributed by atoms with E-state index in [-0.39, 0.29) is 5.97 Å². The summed E-state index contributed by atoms with van der Waals surface area (Å²) < 4.78 is 4.94. The lowest BCUT2D eigenvalue weighted by molar-refractivity contribution is -0.148. The third kappa shape index (κ3) is 6.39. The summed E-state index contributed by atoms with van der Waals surface area (Å²) in [5.74, 6) is -0.140. The normalized spacial score (nSPS) is 16.1. The first-order chi connectivity index (χ1) is 8.50. The van der Waals surface area contributed by atoms with Crippen LogP contribution in [0.2, 0.25) is 0 Å². The van der Waals surface area contributed by atoms with Crippen LogP contribution in [0.15, 0.2) is 0 Å². The molecule has 0 bridgehead atoms. The molecule has 1 N–H and O–H groups in total. The second kappa shape index (κ2) is 9.37. The summed E-state index contributed by atoms with van der Waals surface area (Å²) in [5.41, 5.74) is -0.531. The van der Waals surface area contributed by atoms with Gasteiger partial charge in [-0.25, -0.2) is 0 Å². The SMILES string of the molecule is CCCCCCCC(C)(NC(C)CC)C(=O)OC. The van der Waals surface area contributed by atoms with Gasteiger partial charge in [0.2, 0.25) is 0 Å². The van der Waals surface area contributed by atoms with E-state index in [1.54, 1.807) is 0 Å². The molecule has 0 spiro atoms. The van der Waals surface area contributed by atoms with E-state index >= 15 is 0 Å². The average Bonchev–Trinajstić information content (AvgIpc) is 2.37. The van der Waals surface area contributed by atoms with Crippen molar-refractivity contribution in [3.05, 3.63) is 0 Å². The van der Waals surface area contributed by atoms with Crippen molar-refractivity contribution >= 4 is 5.97 Å². The Bertz CT molecular complexity index is 231. The molecule has 0 aromatic rings. The van der Waals surface area contributed by atoms with Gasteiger partial charge < -0.3 is 4.74 Å². The standard InChI is InChI=1S/C15H31NO2/c1-6-8-9-10-11-12-15(4,14(17)18-5)16-13(3)7-2/h13,16H,6-12H2,1-5H3. The van der Waals surface area contributed by atoms with Crippen LogP contribution >= 0.6 is 0 Å². The van der Waals surface area contributed by atoms with E-state index in [1.165, 1.54) is 32.8 Å². The Balaban J connectivity index is 4.25. The van der Waals surface area contributed by atoms with Crippen LogP contribution in [-0.2, 0) is 9.53 Å². The first kappa shape index (κ1) is 17.4. The second-order valence-corrected chi connectivity index (χ2v) is 5.44. The molecule has 0 aromatic carbocycles. The van der Waals surface area contributed by atoms with E-state index in [0.717, 1.165) is 19.3 Å². The summed E-state index contributed by atoms with van der Waals surface area (Å²) in [7, 11) is 1.47. The van der Waals surface area contributed by atoms with Gasteiger partial charge >= 0.3 is 5.97 Å². The maximum Gasteiger partial charge on any atom is 0.325 e. The van der Waals surface area contributed by atoms with Crippen LogP contribution in [0.25, 0.3) is 0 Å². The average molecular weight is 257 g/mol. The van der Waals surface area contributed by atoms with E-state index in [2.05, 4.69) is 26.1 Å². The molecule has 0 aliphatic heterocycles. The Morgan fingerprint density at radius 1 is 1.22 bits per heavy atom. The second-order valence-electron chi connectivity index (χ2n) is 5.44. The predicted molar refractivity (Wildman–Crippen MR) is 76.7 cm³/mol. The summed E-state index contributed by atoms with van der Waals surface area (Å²) in [6, 6.07) is 0.338. The Hall–Kier alpha value is -0.570. The number of ether oxygens (including phenoxy) is 1. The molecule has 0 saturated heterocycles. The minimum Gasteiger partial charge on any atom is -0.468 e. The van der Waals surface area contributed by atoms with Gasteiger partial charge in [0.1, 0.15) is 5.54 Å². The lowest BCUT2D eigenvalue weighted by Gasteiger charge is -2.31. The Kier molecular flexibility index (Phi) is 9.08. The fraction of sp³-hybridized carbons (Fsp3) is 0.933.